The minimum Gasteiger partial charge on any atom is -0.409 e. The number of ether oxygens (including phenoxy) is 1. The average molecular weight is 477 g/mol. The summed E-state index contributed by atoms with van der Waals surface area (Å²) in [6, 6.07) is 3.74. The van der Waals surface area contributed by atoms with Gasteiger partial charge in [-0.2, -0.15) is 0 Å². The number of nitrogens with one attached hydrogen (secondary N) is 1. The maximum atomic E-state index is 13.1. The molecule has 2 heterocycles. The van der Waals surface area contributed by atoms with Gasteiger partial charge in [-0.3, -0.25) is 24.4 Å². The van der Waals surface area contributed by atoms with E-state index in [9.17, 15) is 14.4 Å². The van der Waals surface area contributed by atoms with E-state index in [0.29, 0.717) is 11.6 Å². The molecule has 35 heavy (non-hydrogen) atoms. The minimum atomic E-state index is -0.472. The Morgan fingerprint density at radius 3 is 2.54 bits per heavy atom. The van der Waals surface area contributed by atoms with Crippen LogP contribution in [0, 0.1) is 11.8 Å². The first-order valence-electron chi connectivity index (χ1n) is 12.0. The molecule has 10 heteroatoms. The molecule has 0 aliphatic heterocycles. The second-order valence-electron chi connectivity index (χ2n) is 9.25. The molecule has 10 nitrogen and oxygen atoms in total. The van der Waals surface area contributed by atoms with Crippen LogP contribution in [0.2, 0.25) is 0 Å². The molecule has 0 atom stereocenters. The van der Waals surface area contributed by atoms with Crippen molar-refractivity contribution >= 4 is 24.2 Å². The molecular weight excluding hydrogens is 448 g/mol. The highest BCUT2D eigenvalue weighted by Gasteiger charge is 2.37. The van der Waals surface area contributed by atoms with Gasteiger partial charge in [-0.25, -0.2) is 9.78 Å². The Labute approximate surface area is 203 Å². The summed E-state index contributed by atoms with van der Waals surface area (Å²) in [7, 11) is 1.77. The first-order valence-corrected chi connectivity index (χ1v) is 12.0. The highest BCUT2D eigenvalue weighted by Crippen LogP contribution is 2.33. The van der Waals surface area contributed by atoms with Gasteiger partial charge in [0.25, 0.3) is 5.91 Å². The van der Waals surface area contributed by atoms with Crippen LogP contribution < -0.4 is 9.64 Å². The zero-order valence-electron chi connectivity index (χ0n) is 19.6. The van der Waals surface area contributed by atoms with Crippen molar-refractivity contribution in [3.8, 4) is 17.6 Å². The van der Waals surface area contributed by atoms with E-state index in [-0.39, 0.29) is 42.1 Å². The van der Waals surface area contributed by atoms with Gasteiger partial charge in [-0.05, 0) is 63.0 Å². The number of rotatable bonds is 8. The zero-order valence-corrected chi connectivity index (χ0v) is 19.6. The van der Waals surface area contributed by atoms with Crippen molar-refractivity contribution in [1.82, 2.24) is 24.8 Å². The van der Waals surface area contributed by atoms with Crippen molar-refractivity contribution in [2.24, 2.45) is 0 Å². The quantitative estimate of drug-likeness (QED) is 0.463. The number of imidazole rings is 1. The molecular formula is C25H28N6O4. The number of hydrogen-bond acceptors (Lipinski definition) is 6. The molecule has 3 aliphatic rings. The van der Waals surface area contributed by atoms with Crippen molar-refractivity contribution in [2.75, 3.05) is 18.5 Å². The van der Waals surface area contributed by atoms with Crippen LogP contribution in [0.4, 0.5) is 10.6 Å². The molecule has 0 bridgehead atoms. The largest absolute Gasteiger partial charge is 0.416 e. The summed E-state index contributed by atoms with van der Waals surface area (Å²) < 4.78 is 5.46. The minimum absolute atomic E-state index is 0.0609. The number of carbonyl (C=O) groups excluding carboxylic acids is 3. The molecule has 3 aliphatic carbocycles. The maximum absolute atomic E-state index is 13.1. The lowest BCUT2D eigenvalue weighted by Gasteiger charge is -2.35. The number of pyridine rings is 1. The van der Waals surface area contributed by atoms with E-state index in [2.05, 4.69) is 26.8 Å². The number of aromatic nitrogens is 3. The number of amides is 3. The summed E-state index contributed by atoms with van der Waals surface area (Å²) in [5, 5.41) is 0. The summed E-state index contributed by atoms with van der Waals surface area (Å²) in [5.74, 6) is 6.72. The Balaban J connectivity index is 1.34. The fourth-order valence-corrected chi connectivity index (χ4v) is 4.04. The zero-order chi connectivity index (χ0) is 24.4. The fraction of sp³-hybridized carbons (Fsp3) is 0.480. The molecule has 1 N–H and O–H groups in total. The first-order chi connectivity index (χ1) is 17.0. The molecule has 0 radical (unpaired) electrons. The van der Waals surface area contributed by atoms with Crippen molar-refractivity contribution in [2.45, 2.75) is 63.1 Å². The third kappa shape index (κ3) is 5.14. The van der Waals surface area contributed by atoms with Gasteiger partial charge in [0.15, 0.2) is 17.4 Å². The summed E-state index contributed by atoms with van der Waals surface area (Å²) in [6.45, 7) is 0.158. The second kappa shape index (κ2) is 9.78. The van der Waals surface area contributed by atoms with E-state index in [1.807, 2.05) is 0 Å². The Morgan fingerprint density at radius 1 is 1.17 bits per heavy atom. The van der Waals surface area contributed by atoms with Crippen LogP contribution in [-0.2, 0) is 4.79 Å². The van der Waals surface area contributed by atoms with Gasteiger partial charge in [0.2, 0.25) is 6.41 Å². The van der Waals surface area contributed by atoms with Crippen molar-refractivity contribution in [1.29, 1.82) is 0 Å². The predicted molar refractivity (Wildman–Crippen MR) is 127 cm³/mol. The first kappa shape index (κ1) is 22.9. The monoisotopic (exact) mass is 476 g/mol. The third-order valence-electron chi connectivity index (χ3n) is 6.66. The molecule has 0 spiro atoms. The predicted octanol–water partition coefficient (Wildman–Crippen LogP) is 2.57. The van der Waals surface area contributed by atoms with E-state index in [0.717, 1.165) is 51.4 Å². The van der Waals surface area contributed by atoms with Gasteiger partial charge < -0.3 is 14.6 Å². The number of carbonyl (C=O) groups is 3. The lowest BCUT2D eigenvalue weighted by Crippen LogP contribution is -2.45. The lowest BCUT2D eigenvalue weighted by molar-refractivity contribution is -0.107. The van der Waals surface area contributed by atoms with Crippen LogP contribution in [-0.4, -0.2) is 74.9 Å². The molecule has 0 unspecified atom stereocenters. The standard InChI is InChI=1S/C25H28N6O4/c1-29(17-9-10-17)24(33)22-23(31(16-32)19-11-12-19)28-21(27-22)8-4-14-30(18-5-2-6-18)25(34)35-20-7-3-13-26-15-20/h3,7,13,15-19H,2,5-6,9-12,14H2,1H3,(H,27,28). The molecule has 0 saturated heterocycles. The summed E-state index contributed by atoms with van der Waals surface area (Å²) in [4.78, 5) is 54.0. The fourth-order valence-electron chi connectivity index (χ4n) is 4.04. The summed E-state index contributed by atoms with van der Waals surface area (Å²) >= 11 is 0. The van der Waals surface area contributed by atoms with E-state index >= 15 is 0 Å². The van der Waals surface area contributed by atoms with Crippen molar-refractivity contribution in [3.05, 3.63) is 36.0 Å². The van der Waals surface area contributed by atoms with Crippen LogP contribution in [0.1, 0.15) is 61.3 Å². The van der Waals surface area contributed by atoms with Gasteiger partial charge >= 0.3 is 6.09 Å². The van der Waals surface area contributed by atoms with Gasteiger partial charge in [0.1, 0.15) is 5.69 Å². The lowest BCUT2D eigenvalue weighted by atomic mass is 9.92. The molecule has 2 aromatic rings. The van der Waals surface area contributed by atoms with Crippen LogP contribution in [0.15, 0.2) is 24.5 Å². The Bertz CT molecular complexity index is 1160. The third-order valence-corrected chi connectivity index (χ3v) is 6.66. The Morgan fingerprint density at radius 2 is 1.94 bits per heavy atom. The van der Waals surface area contributed by atoms with Crippen molar-refractivity contribution in [3.63, 3.8) is 0 Å². The molecule has 5 rings (SSSR count). The molecule has 2 aromatic heterocycles. The van der Waals surface area contributed by atoms with E-state index in [4.69, 9.17) is 4.74 Å². The van der Waals surface area contributed by atoms with Crippen LogP contribution in [0.3, 0.4) is 0 Å². The van der Waals surface area contributed by atoms with Crippen LogP contribution in [0.25, 0.3) is 0 Å². The highest BCUT2D eigenvalue weighted by atomic mass is 16.6. The SMILES string of the molecule is CN(C(=O)c1[nH]c(C#CCN(C(=O)Oc2cccnc2)C2CCC2)nc1N(C=O)C1CC1)C1CC1. The van der Waals surface area contributed by atoms with Gasteiger partial charge in [-0.15, -0.1) is 0 Å². The molecule has 3 amide bonds. The molecule has 3 fully saturated rings. The van der Waals surface area contributed by atoms with E-state index < -0.39 is 6.09 Å². The van der Waals surface area contributed by atoms with E-state index in [1.165, 1.54) is 11.1 Å². The Kier molecular flexibility index (Phi) is 6.40. The summed E-state index contributed by atoms with van der Waals surface area (Å²) in [6.07, 6.45) is 9.93. The van der Waals surface area contributed by atoms with Crippen molar-refractivity contribution < 1.29 is 19.1 Å². The van der Waals surface area contributed by atoms with E-state index in [1.54, 1.807) is 35.2 Å². The maximum Gasteiger partial charge on any atom is 0.416 e. The summed E-state index contributed by atoms with van der Waals surface area (Å²) in [5.41, 5.74) is 0.273. The Hall–Kier alpha value is -3.87. The number of hydrogen-bond donors (Lipinski definition) is 1. The number of nitrogens with zero attached hydrogens (tertiary/aromatic N) is 5. The number of anilines is 1. The van der Waals surface area contributed by atoms with Gasteiger partial charge in [0, 0.05) is 31.4 Å². The molecule has 182 valence electrons. The van der Waals surface area contributed by atoms with Gasteiger partial charge in [-0.1, -0.05) is 5.92 Å². The smallest absolute Gasteiger partial charge is 0.409 e. The number of aromatic amines is 1. The normalized spacial score (nSPS) is 16.9. The highest BCUT2D eigenvalue weighted by molar-refractivity contribution is 5.99. The second-order valence-corrected chi connectivity index (χ2v) is 9.25. The topological polar surface area (TPSA) is 112 Å². The molecule has 0 aromatic carbocycles. The van der Waals surface area contributed by atoms with Crippen LogP contribution in [0.5, 0.6) is 5.75 Å². The van der Waals surface area contributed by atoms with Crippen LogP contribution >= 0.6 is 0 Å². The average Bonchev–Trinajstić information content (AvgIpc) is 3.76. The molecule has 3 saturated carbocycles. The van der Waals surface area contributed by atoms with Gasteiger partial charge in [0.05, 0.1) is 12.7 Å². The number of H-pyrrole nitrogens is 1.